The van der Waals surface area contributed by atoms with Gasteiger partial charge >= 0.3 is 5.97 Å². The molecular formula is C14H18N4O3. The van der Waals surface area contributed by atoms with Gasteiger partial charge in [0, 0.05) is 0 Å². The minimum atomic E-state index is -0.627. The van der Waals surface area contributed by atoms with E-state index in [-0.39, 0.29) is 17.8 Å². The number of carbonyl (C=O) groups excluding carboxylic acids is 2. The second kappa shape index (κ2) is 5.92. The number of amides is 1. The molecule has 0 spiro atoms. The summed E-state index contributed by atoms with van der Waals surface area (Å²) in [6, 6.07) is 4.45. The summed E-state index contributed by atoms with van der Waals surface area (Å²) in [5.74, 6) is -0.546. The van der Waals surface area contributed by atoms with Gasteiger partial charge in [0.15, 0.2) is 0 Å². The lowest BCUT2D eigenvalue weighted by Gasteiger charge is -2.13. The van der Waals surface area contributed by atoms with Crippen molar-refractivity contribution in [2.75, 3.05) is 12.4 Å². The van der Waals surface area contributed by atoms with Gasteiger partial charge < -0.3 is 15.5 Å². The number of anilines is 1. The molecule has 1 heterocycles. The SMILES string of the molecule is COC(=O)c1cccc2[nH]c(NC(=O)[C@@H](N)C(C)C)nc12. The predicted octanol–water partition coefficient (Wildman–Crippen LogP) is 1.27. The Balaban J connectivity index is 2.31. The number of methoxy groups -OCH3 is 1. The quantitative estimate of drug-likeness (QED) is 0.734. The van der Waals surface area contributed by atoms with Crippen molar-refractivity contribution in [3.8, 4) is 0 Å². The highest BCUT2D eigenvalue weighted by Gasteiger charge is 2.19. The Hall–Kier alpha value is -2.41. The zero-order chi connectivity index (χ0) is 15.6. The van der Waals surface area contributed by atoms with Crippen molar-refractivity contribution < 1.29 is 14.3 Å². The van der Waals surface area contributed by atoms with Crippen molar-refractivity contribution in [3.05, 3.63) is 23.8 Å². The summed E-state index contributed by atoms with van der Waals surface area (Å²) in [6.45, 7) is 3.72. The van der Waals surface area contributed by atoms with Gasteiger partial charge in [-0.1, -0.05) is 19.9 Å². The van der Waals surface area contributed by atoms with E-state index in [2.05, 4.69) is 15.3 Å². The van der Waals surface area contributed by atoms with Gasteiger partial charge in [0.05, 0.1) is 24.2 Å². The normalized spacial score (nSPS) is 12.4. The number of aromatic nitrogens is 2. The van der Waals surface area contributed by atoms with Crippen LogP contribution in [0.25, 0.3) is 11.0 Å². The Labute approximate surface area is 121 Å². The number of hydrogen-bond donors (Lipinski definition) is 3. The lowest BCUT2D eigenvalue weighted by Crippen LogP contribution is -2.39. The average Bonchev–Trinajstić information content (AvgIpc) is 2.87. The molecule has 0 unspecified atom stereocenters. The van der Waals surface area contributed by atoms with E-state index >= 15 is 0 Å². The molecule has 1 amide bonds. The van der Waals surface area contributed by atoms with E-state index in [9.17, 15) is 9.59 Å². The van der Waals surface area contributed by atoms with Crippen molar-refractivity contribution in [3.63, 3.8) is 0 Å². The van der Waals surface area contributed by atoms with Gasteiger partial charge in [-0.05, 0) is 18.1 Å². The highest BCUT2D eigenvalue weighted by molar-refractivity contribution is 6.03. The number of rotatable bonds is 4. The Bertz CT molecular complexity index is 678. The second-order valence-corrected chi connectivity index (χ2v) is 5.04. The largest absolute Gasteiger partial charge is 0.465 e. The number of H-pyrrole nitrogens is 1. The van der Waals surface area contributed by atoms with Gasteiger partial charge in [0.25, 0.3) is 0 Å². The Morgan fingerprint density at radius 1 is 1.38 bits per heavy atom. The van der Waals surface area contributed by atoms with Crippen molar-refractivity contribution in [2.45, 2.75) is 19.9 Å². The van der Waals surface area contributed by atoms with Crippen LogP contribution in [0.15, 0.2) is 18.2 Å². The molecule has 7 nitrogen and oxygen atoms in total. The molecule has 0 aliphatic carbocycles. The summed E-state index contributed by atoms with van der Waals surface area (Å²) < 4.78 is 4.70. The second-order valence-electron chi connectivity index (χ2n) is 5.04. The molecule has 112 valence electrons. The number of aromatic amines is 1. The molecule has 1 aromatic heterocycles. The van der Waals surface area contributed by atoms with Crippen molar-refractivity contribution in [2.24, 2.45) is 11.7 Å². The van der Waals surface area contributed by atoms with Crippen LogP contribution in [0, 0.1) is 5.92 Å². The molecule has 0 radical (unpaired) electrons. The van der Waals surface area contributed by atoms with E-state index in [4.69, 9.17) is 10.5 Å². The van der Waals surface area contributed by atoms with Crippen LogP contribution in [0.3, 0.4) is 0 Å². The summed E-state index contributed by atoms with van der Waals surface area (Å²) in [4.78, 5) is 30.7. The smallest absolute Gasteiger partial charge is 0.340 e. The van der Waals surface area contributed by atoms with Gasteiger partial charge in [-0.15, -0.1) is 0 Å². The predicted molar refractivity (Wildman–Crippen MR) is 78.9 cm³/mol. The zero-order valence-electron chi connectivity index (χ0n) is 12.1. The number of hydrogen-bond acceptors (Lipinski definition) is 5. The van der Waals surface area contributed by atoms with Crippen LogP contribution in [-0.4, -0.2) is 35.0 Å². The monoisotopic (exact) mass is 290 g/mol. The molecule has 2 aromatic rings. The van der Waals surface area contributed by atoms with Crippen LogP contribution in [0.2, 0.25) is 0 Å². The van der Waals surface area contributed by atoms with Crippen molar-refractivity contribution in [1.82, 2.24) is 9.97 Å². The summed E-state index contributed by atoms with van der Waals surface area (Å²) in [6.07, 6.45) is 0. The molecule has 1 aromatic carbocycles. The molecule has 0 aliphatic rings. The Morgan fingerprint density at radius 2 is 2.10 bits per heavy atom. The number of imidazole rings is 1. The minimum absolute atomic E-state index is 0.0139. The molecule has 21 heavy (non-hydrogen) atoms. The Kier molecular flexibility index (Phi) is 4.23. The van der Waals surface area contributed by atoms with E-state index < -0.39 is 12.0 Å². The van der Waals surface area contributed by atoms with E-state index in [1.165, 1.54) is 7.11 Å². The average molecular weight is 290 g/mol. The molecule has 0 fully saturated rings. The first-order valence-electron chi connectivity index (χ1n) is 6.57. The van der Waals surface area contributed by atoms with Crippen molar-refractivity contribution >= 4 is 28.9 Å². The van der Waals surface area contributed by atoms with Crippen LogP contribution < -0.4 is 11.1 Å². The fourth-order valence-electron chi connectivity index (χ4n) is 1.87. The van der Waals surface area contributed by atoms with Crippen LogP contribution in [0.5, 0.6) is 0 Å². The number of para-hydroxylation sites is 1. The lowest BCUT2D eigenvalue weighted by atomic mass is 10.1. The van der Waals surface area contributed by atoms with Crippen LogP contribution in [0.4, 0.5) is 5.95 Å². The maximum Gasteiger partial charge on any atom is 0.340 e. The van der Waals surface area contributed by atoms with Crippen LogP contribution in [-0.2, 0) is 9.53 Å². The van der Waals surface area contributed by atoms with E-state index in [0.29, 0.717) is 16.6 Å². The number of nitrogens with zero attached hydrogens (tertiary/aromatic N) is 1. The number of carbonyl (C=O) groups is 2. The Morgan fingerprint density at radius 3 is 2.71 bits per heavy atom. The number of fused-ring (bicyclic) bond motifs is 1. The van der Waals surface area contributed by atoms with E-state index in [1.54, 1.807) is 18.2 Å². The van der Waals surface area contributed by atoms with Gasteiger partial charge in [0.1, 0.15) is 5.52 Å². The van der Waals surface area contributed by atoms with E-state index in [1.807, 2.05) is 13.8 Å². The van der Waals surface area contributed by atoms with Gasteiger partial charge in [-0.25, -0.2) is 9.78 Å². The summed E-state index contributed by atoms with van der Waals surface area (Å²) in [5, 5.41) is 2.61. The highest BCUT2D eigenvalue weighted by Crippen LogP contribution is 2.19. The molecule has 4 N–H and O–H groups in total. The third-order valence-electron chi connectivity index (χ3n) is 3.18. The van der Waals surface area contributed by atoms with E-state index in [0.717, 1.165) is 0 Å². The minimum Gasteiger partial charge on any atom is -0.465 e. The fraction of sp³-hybridized carbons (Fsp3) is 0.357. The first-order chi connectivity index (χ1) is 9.93. The fourth-order valence-corrected chi connectivity index (χ4v) is 1.87. The number of nitrogens with two attached hydrogens (primary N) is 1. The zero-order valence-corrected chi connectivity index (χ0v) is 12.1. The van der Waals surface area contributed by atoms with Gasteiger partial charge in [-0.3, -0.25) is 10.1 Å². The molecule has 0 aliphatic heterocycles. The van der Waals surface area contributed by atoms with Gasteiger partial charge in [-0.2, -0.15) is 0 Å². The third kappa shape index (κ3) is 3.03. The summed E-state index contributed by atoms with van der Waals surface area (Å²) >= 11 is 0. The topological polar surface area (TPSA) is 110 Å². The summed E-state index contributed by atoms with van der Waals surface area (Å²) in [7, 11) is 1.30. The molecule has 0 saturated carbocycles. The molecule has 0 bridgehead atoms. The lowest BCUT2D eigenvalue weighted by molar-refractivity contribution is -0.118. The van der Waals surface area contributed by atoms with Crippen molar-refractivity contribution in [1.29, 1.82) is 0 Å². The summed E-state index contributed by atoms with van der Waals surface area (Å²) in [5.41, 5.74) is 7.18. The standard InChI is InChI=1S/C14H18N4O3/c1-7(2)10(15)12(19)18-14-16-9-6-4-5-8(11(9)17-14)13(20)21-3/h4-7,10H,15H2,1-3H3,(H2,16,17,18,19)/t10-/m0/s1. The first kappa shape index (κ1) is 15.0. The number of benzene rings is 1. The number of nitrogens with one attached hydrogen (secondary N) is 2. The van der Waals surface area contributed by atoms with Gasteiger partial charge in [0.2, 0.25) is 11.9 Å². The highest BCUT2D eigenvalue weighted by atomic mass is 16.5. The molecule has 1 atom stereocenters. The first-order valence-corrected chi connectivity index (χ1v) is 6.57. The molecular weight excluding hydrogens is 272 g/mol. The van der Waals surface area contributed by atoms with Crippen LogP contribution >= 0.6 is 0 Å². The molecule has 2 rings (SSSR count). The van der Waals surface area contributed by atoms with Crippen LogP contribution in [0.1, 0.15) is 24.2 Å². The maximum atomic E-state index is 11.9. The molecule has 7 heteroatoms. The maximum absolute atomic E-state index is 11.9. The molecule has 0 saturated heterocycles. The number of esters is 1. The number of ether oxygens (including phenoxy) is 1. The third-order valence-corrected chi connectivity index (χ3v) is 3.18.